The van der Waals surface area contributed by atoms with Gasteiger partial charge in [-0.05, 0) is 66.8 Å². The van der Waals surface area contributed by atoms with Crippen molar-refractivity contribution in [3.63, 3.8) is 0 Å². The van der Waals surface area contributed by atoms with Gasteiger partial charge in [0.1, 0.15) is 17.3 Å². The van der Waals surface area contributed by atoms with Crippen LogP contribution >= 0.6 is 0 Å². The van der Waals surface area contributed by atoms with E-state index in [4.69, 9.17) is 10.5 Å². The quantitative estimate of drug-likeness (QED) is 0.492. The predicted octanol–water partition coefficient (Wildman–Crippen LogP) is 3.91. The zero-order valence-corrected chi connectivity index (χ0v) is 20.2. The molecule has 190 valence electrons. The van der Waals surface area contributed by atoms with E-state index in [-0.39, 0.29) is 12.3 Å². The molecule has 9 heteroatoms. The van der Waals surface area contributed by atoms with E-state index >= 15 is 0 Å². The number of anilines is 1. The molecule has 2 aliphatic rings. The van der Waals surface area contributed by atoms with Crippen molar-refractivity contribution in [3.05, 3.63) is 84.1 Å². The standard InChI is InChI=1S/C28H28N4O5/c29-24-16-18(12-13-30-24)15-23-25(27(34)35)32(26(23)33)28(36)31-14-4-5-20(17-31)19-8-10-22(11-9-19)37-21-6-2-1-3-7-21/h1-3,6-13,16,20,23,25H,4-5,14-15,17H2,(H2,29,30)(H,34,35)/t20?,23-,25+/m1/s1. The smallest absolute Gasteiger partial charge is 0.327 e. The van der Waals surface area contributed by atoms with Crippen LogP contribution in [0.1, 0.15) is 29.9 Å². The second-order valence-electron chi connectivity index (χ2n) is 9.44. The van der Waals surface area contributed by atoms with E-state index < -0.39 is 29.9 Å². The molecule has 0 spiro atoms. The van der Waals surface area contributed by atoms with Crippen LogP contribution in [0.3, 0.4) is 0 Å². The van der Waals surface area contributed by atoms with Crippen LogP contribution in [0, 0.1) is 5.92 Å². The van der Waals surface area contributed by atoms with E-state index in [2.05, 4.69) is 4.98 Å². The number of aromatic nitrogens is 1. The number of nitrogen functional groups attached to an aromatic ring is 1. The van der Waals surface area contributed by atoms with Gasteiger partial charge >= 0.3 is 12.0 Å². The number of piperidine rings is 1. The number of para-hydroxylation sites is 1. The van der Waals surface area contributed by atoms with E-state index in [1.807, 2.05) is 54.6 Å². The van der Waals surface area contributed by atoms with Crippen LogP contribution in [0.5, 0.6) is 11.5 Å². The van der Waals surface area contributed by atoms with Crippen molar-refractivity contribution in [2.45, 2.75) is 31.2 Å². The molecule has 1 unspecified atom stereocenters. The fraction of sp³-hybridized carbons (Fsp3) is 0.286. The van der Waals surface area contributed by atoms with Gasteiger partial charge in [-0.3, -0.25) is 4.79 Å². The predicted molar refractivity (Wildman–Crippen MR) is 136 cm³/mol. The van der Waals surface area contributed by atoms with E-state index in [0.29, 0.717) is 24.5 Å². The van der Waals surface area contributed by atoms with E-state index in [9.17, 15) is 19.5 Å². The Morgan fingerprint density at radius 3 is 2.49 bits per heavy atom. The van der Waals surface area contributed by atoms with Crippen molar-refractivity contribution in [2.75, 3.05) is 18.8 Å². The summed E-state index contributed by atoms with van der Waals surface area (Å²) in [5.41, 5.74) is 7.48. The van der Waals surface area contributed by atoms with Crippen LogP contribution in [0.15, 0.2) is 72.9 Å². The Labute approximate surface area is 214 Å². The molecule has 3 N–H and O–H groups in total. The number of carboxylic acids is 1. The fourth-order valence-electron chi connectivity index (χ4n) is 5.13. The molecule has 2 saturated heterocycles. The number of carbonyl (C=O) groups is 3. The van der Waals surface area contributed by atoms with Crippen LogP contribution in [-0.2, 0) is 16.0 Å². The Hall–Kier alpha value is -4.40. The minimum Gasteiger partial charge on any atom is -0.480 e. The third-order valence-corrected chi connectivity index (χ3v) is 7.00. The summed E-state index contributed by atoms with van der Waals surface area (Å²) in [6.45, 7) is 0.894. The third-order valence-electron chi connectivity index (χ3n) is 7.00. The van der Waals surface area contributed by atoms with Gasteiger partial charge in [0.05, 0.1) is 5.92 Å². The number of likely N-dealkylation sites (tertiary alicyclic amines) is 2. The Morgan fingerprint density at radius 1 is 1.05 bits per heavy atom. The highest BCUT2D eigenvalue weighted by atomic mass is 16.5. The third kappa shape index (κ3) is 5.11. The largest absolute Gasteiger partial charge is 0.480 e. The van der Waals surface area contributed by atoms with Gasteiger partial charge in [0.2, 0.25) is 5.91 Å². The lowest BCUT2D eigenvalue weighted by molar-refractivity contribution is -0.166. The molecule has 2 fully saturated rings. The maximum Gasteiger partial charge on any atom is 0.327 e. The van der Waals surface area contributed by atoms with Crippen LogP contribution in [0.4, 0.5) is 10.6 Å². The number of amides is 3. The minimum atomic E-state index is -1.20. The topological polar surface area (TPSA) is 126 Å². The highest BCUT2D eigenvalue weighted by Crippen LogP contribution is 2.34. The summed E-state index contributed by atoms with van der Waals surface area (Å²) in [5, 5.41) is 9.82. The average Bonchev–Trinajstić information content (AvgIpc) is 2.91. The summed E-state index contributed by atoms with van der Waals surface area (Å²) in [5.74, 6) is -0.638. The average molecular weight is 501 g/mol. The molecule has 0 radical (unpaired) electrons. The number of rotatable bonds is 6. The molecular weight excluding hydrogens is 472 g/mol. The van der Waals surface area contributed by atoms with Gasteiger partial charge < -0.3 is 20.5 Å². The summed E-state index contributed by atoms with van der Waals surface area (Å²) in [7, 11) is 0. The molecule has 0 bridgehead atoms. The van der Waals surface area contributed by atoms with Gasteiger partial charge in [0.15, 0.2) is 6.04 Å². The number of pyridine rings is 1. The fourth-order valence-corrected chi connectivity index (χ4v) is 5.13. The van der Waals surface area contributed by atoms with Crippen LogP contribution < -0.4 is 10.5 Å². The zero-order chi connectivity index (χ0) is 25.9. The van der Waals surface area contributed by atoms with Gasteiger partial charge in [-0.15, -0.1) is 0 Å². The number of hydrogen-bond donors (Lipinski definition) is 2. The highest BCUT2D eigenvalue weighted by Gasteiger charge is 2.55. The number of carboxylic acid groups (broad SMARTS) is 1. The van der Waals surface area contributed by atoms with Crippen LogP contribution in [-0.4, -0.2) is 56.9 Å². The van der Waals surface area contributed by atoms with Gasteiger partial charge in [-0.25, -0.2) is 19.5 Å². The molecule has 3 amide bonds. The number of ether oxygens (including phenoxy) is 1. The normalized spacial score (nSPS) is 21.3. The summed E-state index contributed by atoms with van der Waals surface area (Å²) >= 11 is 0. The number of imide groups is 1. The molecule has 1 aromatic heterocycles. The lowest BCUT2D eigenvalue weighted by Crippen LogP contribution is -2.69. The SMILES string of the molecule is Nc1cc(C[C@H]2C(=O)N(C(=O)N3CCCC(c4ccc(Oc5ccccc5)cc4)C3)[C@@H]2C(=O)O)ccn1. The lowest BCUT2D eigenvalue weighted by atomic mass is 9.82. The zero-order valence-electron chi connectivity index (χ0n) is 20.2. The molecule has 37 heavy (non-hydrogen) atoms. The van der Waals surface area contributed by atoms with Crippen molar-refractivity contribution in [1.29, 1.82) is 0 Å². The monoisotopic (exact) mass is 500 g/mol. The first kappa shape index (κ1) is 24.3. The molecule has 0 aliphatic carbocycles. The molecule has 0 saturated carbocycles. The first-order valence-corrected chi connectivity index (χ1v) is 12.3. The molecule has 5 rings (SSSR count). The van der Waals surface area contributed by atoms with Crippen molar-refractivity contribution in [1.82, 2.24) is 14.8 Å². The summed E-state index contributed by atoms with van der Waals surface area (Å²) in [4.78, 5) is 44.7. The molecule has 2 aromatic carbocycles. The lowest BCUT2D eigenvalue weighted by Gasteiger charge is -2.46. The van der Waals surface area contributed by atoms with Gasteiger partial charge in [-0.1, -0.05) is 30.3 Å². The second-order valence-corrected chi connectivity index (χ2v) is 9.44. The van der Waals surface area contributed by atoms with Gasteiger partial charge in [-0.2, -0.15) is 0 Å². The van der Waals surface area contributed by atoms with Crippen LogP contribution in [0.25, 0.3) is 0 Å². The van der Waals surface area contributed by atoms with E-state index in [1.165, 1.54) is 6.20 Å². The molecule has 9 nitrogen and oxygen atoms in total. The van der Waals surface area contributed by atoms with Gasteiger partial charge in [0.25, 0.3) is 0 Å². The summed E-state index contributed by atoms with van der Waals surface area (Å²) in [6.07, 6.45) is 3.36. The van der Waals surface area contributed by atoms with Crippen LogP contribution in [0.2, 0.25) is 0 Å². The van der Waals surface area contributed by atoms with Crippen molar-refractivity contribution in [3.8, 4) is 11.5 Å². The van der Waals surface area contributed by atoms with Crippen molar-refractivity contribution >= 4 is 23.7 Å². The number of benzene rings is 2. The van der Waals surface area contributed by atoms with Crippen molar-refractivity contribution < 1.29 is 24.2 Å². The number of carbonyl (C=O) groups excluding carboxylic acids is 2. The van der Waals surface area contributed by atoms with Crippen molar-refractivity contribution in [2.24, 2.45) is 5.92 Å². The number of hydrogen-bond acceptors (Lipinski definition) is 6. The Bertz CT molecular complexity index is 1300. The number of aliphatic carboxylic acids is 1. The summed E-state index contributed by atoms with van der Waals surface area (Å²) < 4.78 is 5.86. The van der Waals surface area contributed by atoms with E-state index in [0.717, 1.165) is 34.8 Å². The maximum atomic E-state index is 13.3. The second kappa shape index (κ2) is 10.3. The maximum absolute atomic E-state index is 13.3. The Kier molecular flexibility index (Phi) is 6.76. The molecule has 2 aliphatic heterocycles. The Balaban J connectivity index is 1.24. The first-order chi connectivity index (χ1) is 17.9. The number of urea groups is 1. The number of β-lactam (4-membered cyclic amide) rings is 1. The Morgan fingerprint density at radius 2 is 1.78 bits per heavy atom. The molecule has 3 atom stereocenters. The first-order valence-electron chi connectivity index (χ1n) is 12.3. The molecule has 3 heterocycles. The summed E-state index contributed by atoms with van der Waals surface area (Å²) in [6, 6.07) is 18.9. The number of nitrogens with two attached hydrogens (primary N) is 1. The minimum absolute atomic E-state index is 0.0822. The van der Waals surface area contributed by atoms with E-state index in [1.54, 1.807) is 17.0 Å². The molecule has 3 aromatic rings. The van der Waals surface area contributed by atoms with Gasteiger partial charge in [0, 0.05) is 25.2 Å². The highest BCUT2D eigenvalue weighted by molar-refractivity contribution is 6.07. The number of nitrogens with zero attached hydrogens (tertiary/aromatic N) is 3. The molecular formula is C28H28N4O5.